The van der Waals surface area contributed by atoms with Gasteiger partial charge in [-0.25, -0.2) is 0 Å². The molecule has 2 aromatic carbocycles. The molecule has 2 rings (SSSR count). The first-order valence-electron chi connectivity index (χ1n) is 9.63. The van der Waals surface area contributed by atoms with E-state index < -0.39 is 11.8 Å². The van der Waals surface area contributed by atoms with Crippen molar-refractivity contribution in [2.24, 2.45) is 0 Å². The van der Waals surface area contributed by atoms with Crippen LogP contribution in [0.2, 0.25) is 0 Å². The summed E-state index contributed by atoms with van der Waals surface area (Å²) in [5, 5.41) is 2.70. The maximum atomic E-state index is 12.5. The third kappa shape index (κ3) is 5.74. The Balaban J connectivity index is 1.94. The molecule has 0 saturated carbocycles. The SMILES string of the molecule is CCOc1ccc(CCNC(=O)C(=O)N(CC)c2ccccc2)cc1OCC. The van der Waals surface area contributed by atoms with Gasteiger partial charge in [-0.2, -0.15) is 0 Å². The molecule has 28 heavy (non-hydrogen) atoms. The Morgan fingerprint density at radius 3 is 2.25 bits per heavy atom. The maximum absolute atomic E-state index is 12.5. The highest BCUT2D eigenvalue weighted by molar-refractivity contribution is 6.40. The molecule has 2 aromatic rings. The molecule has 0 radical (unpaired) electrons. The molecule has 0 aromatic heterocycles. The Morgan fingerprint density at radius 2 is 1.61 bits per heavy atom. The van der Waals surface area contributed by atoms with E-state index >= 15 is 0 Å². The molecule has 2 amide bonds. The third-order valence-corrected chi connectivity index (χ3v) is 4.13. The topological polar surface area (TPSA) is 67.9 Å². The molecule has 0 fully saturated rings. The van der Waals surface area contributed by atoms with E-state index in [0.717, 1.165) is 5.56 Å². The van der Waals surface area contributed by atoms with Gasteiger partial charge in [-0.05, 0) is 57.0 Å². The van der Waals surface area contributed by atoms with Crippen molar-refractivity contribution in [3.05, 3.63) is 54.1 Å². The van der Waals surface area contributed by atoms with Gasteiger partial charge in [0, 0.05) is 18.8 Å². The Kier molecular flexibility index (Phi) is 8.34. The number of nitrogens with zero attached hydrogens (tertiary/aromatic N) is 1. The van der Waals surface area contributed by atoms with Crippen LogP contribution < -0.4 is 19.7 Å². The zero-order valence-electron chi connectivity index (χ0n) is 16.7. The minimum Gasteiger partial charge on any atom is -0.490 e. The number of amides is 2. The maximum Gasteiger partial charge on any atom is 0.316 e. The summed E-state index contributed by atoms with van der Waals surface area (Å²) in [6.07, 6.45) is 0.586. The smallest absolute Gasteiger partial charge is 0.316 e. The van der Waals surface area contributed by atoms with E-state index in [1.807, 2.05) is 69.3 Å². The largest absolute Gasteiger partial charge is 0.490 e. The molecule has 150 valence electrons. The molecule has 0 aliphatic heterocycles. The van der Waals surface area contributed by atoms with E-state index in [1.54, 1.807) is 0 Å². The molecule has 0 spiro atoms. The van der Waals surface area contributed by atoms with Crippen LogP contribution in [-0.4, -0.2) is 38.1 Å². The van der Waals surface area contributed by atoms with Gasteiger partial charge in [0.15, 0.2) is 11.5 Å². The molecule has 0 unspecified atom stereocenters. The highest BCUT2D eigenvalue weighted by Gasteiger charge is 2.21. The Bertz CT molecular complexity index is 777. The summed E-state index contributed by atoms with van der Waals surface area (Å²) in [6, 6.07) is 14.9. The molecule has 0 aliphatic rings. The third-order valence-electron chi connectivity index (χ3n) is 4.13. The summed E-state index contributed by atoms with van der Waals surface area (Å²) in [5.74, 6) is 0.219. The highest BCUT2D eigenvalue weighted by atomic mass is 16.5. The lowest BCUT2D eigenvalue weighted by Crippen LogP contribution is -2.43. The second-order valence-corrected chi connectivity index (χ2v) is 6.04. The van der Waals surface area contributed by atoms with E-state index in [-0.39, 0.29) is 0 Å². The predicted molar refractivity (Wildman–Crippen MR) is 110 cm³/mol. The summed E-state index contributed by atoms with van der Waals surface area (Å²) in [4.78, 5) is 26.2. The van der Waals surface area contributed by atoms with Gasteiger partial charge in [-0.1, -0.05) is 24.3 Å². The number of likely N-dealkylation sites (N-methyl/N-ethyl adjacent to an activating group) is 1. The summed E-state index contributed by atoms with van der Waals surface area (Å²) >= 11 is 0. The average Bonchev–Trinajstić information content (AvgIpc) is 2.71. The van der Waals surface area contributed by atoms with Crippen LogP contribution in [0, 0.1) is 0 Å². The van der Waals surface area contributed by atoms with Gasteiger partial charge in [-0.3, -0.25) is 9.59 Å². The number of anilines is 1. The lowest BCUT2D eigenvalue weighted by atomic mass is 10.1. The number of hydrogen-bond acceptors (Lipinski definition) is 4. The molecular formula is C22H28N2O4. The second-order valence-electron chi connectivity index (χ2n) is 6.04. The Labute approximate surface area is 166 Å². The number of benzene rings is 2. The molecule has 0 atom stereocenters. The van der Waals surface area contributed by atoms with Gasteiger partial charge in [-0.15, -0.1) is 0 Å². The average molecular weight is 384 g/mol. The zero-order chi connectivity index (χ0) is 20.4. The quantitative estimate of drug-likeness (QED) is 0.674. The van der Waals surface area contributed by atoms with Crippen molar-refractivity contribution in [2.75, 3.05) is 31.2 Å². The first-order chi connectivity index (χ1) is 13.6. The van der Waals surface area contributed by atoms with Gasteiger partial charge >= 0.3 is 11.8 Å². The zero-order valence-corrected chi connectivity index (χ0v) is 16.7. The van der Waals surface area contributed by atoms with Crippen molar-refractivity contribution >= 4 is 17.5 Å². The standard InChI is InChI=1S/C22H28N2O4/c1-4-24(18-10-8-7-9-11-18)22(26)21(25)23-15-14-17-12-13-19(27-5-2)20(16-17)28-6-3/h7-13,16H,4-6,14-15H2,1-3H3,(H,23,25). The van der Waals surface area contributed by atoms with Crippen LogP contribution in [0.4, 0.5) is 5.69 Å². The monoisotopic (exact) mass is 384 g/mol. The van der Waals surface area contributed by atoms with Crippen LogP contribution in [-0.2, 0) is 16.0 Å². The van der Waals surface area contributed by atoms with Crippen LogP contribution in [0.3, 0.4) is 0 Å². The number of ether oxygens (including phenoxy) is 2. The van der Waals surface area contributed by atoms with Crippen LogP contribution in [0.5, 0.6) is 11.5 Å². The van der Waals surface area contributed by atoms with Crippen LogP contribution in [0.25, 0.3) is 0 Å². The molecule has 0 heterocycles. The minimum absolute atomic E-state index is 0.358. The number of carbonyl (C=O) groups is 2. The molecule has 0 aliphatic carbocycles. The summed E-state index contributed by atoms with van der Waals surface area (Å²) in [7, 11) is 0. The van der Waals surface area contributed by atoms with Gasteiger partial charge in [0.05, 0.1) is 13.2 Å². The highest BCUT2D eigenvalue weighted by Crippen LogP contribution is 2.28. The Morgan fingerprint density at radius 1 is 0.929 bits per heavy atom. The summed E-state index contributed by atoms with van der Waals surface area (Å²) in [5.41, 5.74) is 1.70. The minimum atomic E-state index is -0.610. The normalized spacial score (nSPS) is 10.2. The van der Waals surface area contributed by atoms with Gasteiger partial charge in [0.2, 0.25) is 0 Å². The lowest BCUT2D eigenvalue weighted by Gasteiger charge is -2.20. The molecule has 6 nitrogen and oxygen atoms in total. The second kappa shape index (κ2) is 11.0. The fourth-order valence-corrected chi connectivity index (χ4v) is 2.82. The summed E-state index contributed by atoms with van der Waals surface area (Å²) < 4.78 is 11.2. The van der Waals surface area contributed by atoms with E-state index in [2.05, 4.69) is 5.32 Å². The van der Waals surface area contributed by atoms with Crippen molar-refractivity contribution in [2.45, 2.75) is 27.2 Å². The fraction of sp³-hybridized carbons (Fsp3) is 0.364. The molecule has 1 N–H and O–H groups in total. The van der Waals surface area contributed by atoms with Crippen molar-refractivity contribution in [1.29, 1.82) is 0 Å². The van der Waals surface area contributed by atoms with Crippen molar-refractivity contribution in [3.63, 3.8) is 0 Å². The number of rotatable bonds is 9. The number of carbonyl (C=O) groups excluding carboxylic acids is 2. The first-order valence-corrected chi connectivity index (χ1v) is 9.63. The van der Waals surface area contributed by atoms with Gasteiger partial charge < -0.3 is 19.7 Å². The molecule has 0 bridgehead atoms. The van der Waals surface area contributed by atoms with Crippen LogP contribution >= 0.6 is 0 Å². The predicted octanol–water partition coefficient (Wildman–Crippen LogP) is 3.20. The summed E-state index contributed by atoms with van der Waals surface area (Å²) in [6.45, 7) is 7.57. The fourth-order valence-electron chi connectivity index (χ4n) is 2.82. The van der Waals surface area contributed by atoms with Crippen LogP contribution in [0.15, 0.2) is 48.5 Å². The van der Waals surface area contributed by atoms with Gasteiger partial charge in [0.1, 0.15) is 0 Å². The van der Waals surface area contributed by atoms with E-state index in [4.69, 9.17) is 9.47 Å². The van der Waals surface area contributed by atoms with E-state index in [1.165, 1.54) is 4.90 Å². The number of nitrogens with one attached hydrogen (secondary N) is 1. The first kappa shape index (κ1) is 21.3. The van der Waals surface area contributed by atoms with Crippen LogP contribution in [0.1, 0.15) is 26.3 Å². The number of hydrogen-bond donors (Lipinski definition) is 1. The number of para-hydroxylation sites is 1. The Hall–Kier alpha value is -3.02. The van der Waals surface area contributed by atoms with E-state index in [0.29, 0.717) is 49.9 Å². The lowest BCUT2D eigenvalue weighted by molar-refractivity contribution is -0.137. The molecular weight excluding hydrogens is 356 g/mol. The van der Waals surface area contributed by atoms with Crippen molar-refractivity contribution < 1.29 is 19.1 Å². The van der Waals surface area contributed by atoms with Gasteiger partial charge in [0.25, 0.3) is 0 Å². The molecule has 0 saturated heterocycles. The van der Waals surface area contributed by atoms with Crippen molar-refractivity contribution in [3.8, 4) is 11.5 Å². The van der Waals surface area contributed by atoms with E-state index in [9.17, 15) is 9.59 Å². The van der Waals surface area contributed by atoms with Crippen molar-refractivity contribution in [1.82, 2.24) is 5.32 Å². The molecule has 6 heteroatoms.